The smallest absolute Gasteiger partial charge is 0.107 e. The summed E-state index contributed by atoms with van der Waals surface area (Å²) in [4.78, 5) is 7.92. The SMILES string of the molecule is CC(C)(C)c1ccc(-c2cnc(CCNC3CC3)[nH]2)cc1. The van der Waals surface area contributed by atoms with E-state index in [9.17, 15) is 0 Å². The first-order valence-corrected chi connectivity index (χ1v) is 7.90. The second-order valence-electron chi connectivity index (χ2n) is 7.05. The third kappa shape index (κ3) is 3.73. The largest absolute Gasteiger partial charge is 0.342 e. The number of imidazole rings is 1. The van der Waals surface area contributed by atoms with Crippen LogP contribution < -0.4 is 5.32 Å². The summed E-state index contributed by atoms with van der Waals surface area (Å²) >= 11 is 0. The maximum Gasteiger partial charge on any atom is 0.107 e. The Morgan fingerprint density at radius 2 is 1.90 bits per heavy atom. The molecule has 1 aliphatic carbocycles. The molecule has 0 saturated heterocycles. The molecule has 1 fully saturated rings. The van der Waals surface area contributed by atoms with Gasteiger partial charge in [0.1, 0.15) is 5.82 Å². The molecule has 1 saturated carbocycles. The van der Waals surface area contributed by atoms with E-state index in [1.54, 1.807) is 0 Å². The molecule has 0 unspecified atom stereocenters. The van der Waals surface area contributed by atoms with Gasteiger partial charge >= 0.3 is 0 Å². The predicted molar refractivity (Wildman–Crippen MR) is 87.5 cm³/mol. The highest BCUT2D eigenvalue weighted by Crippen LogP contribution is 2.25. The molecule has 2 aromatic rings. The van der Waals surface area contributed by atoms with Gasteiger partial charge in [0.05, 0.1) is 11.9 Å². The lowest BCUT2D eigenvalue weighted by atomic mass is 9.86. The highest BCUT2D eigenvalue weighted by atomic mass is 15.0. The van der Waals surface area contributed by atoms with Crippen LogP contribution in [0.25, 0.3) is 11.3 Å². The van der Waals surface area contributed by atoms with E-state index in [1.807, 2.05) is 6.20 Å². The topological polar surface area (TPSA) is 40.7 Å². The number of hydrogen-bond acceptors (Lipinski definition) is 2. The second kappa shape index (κ2) is 5.64. The van der Waals surface area contributed by atoms with Crippen molar-refractivity contribution in [3.63, 3.8) is 0 Å². The van der Waals surface area contributed by atoms with E-state index in [2.05, 4.69) is 60.3 Å². The Labute approximate surface area is 127 Å². The van der Waals surface area contributed by atoms with Crippen LogP contribution in [0.3, 0.4) is 0 Å². The van der Waals surface area contributed by atoms with Crippen LogP contribution in [0.2, 0.25) is 0 Å². The van der Waals surface area contributed by atoms with Crippen molar-refractivity contribution in [2.75, 3.05) is 6.54 Å². The van der Waals surface area contributed by atoms with Gasteiger partial charge in [0.25, 0.3) is 0 Å². The molecule has 3 heteroatoms. The first-order chi connectivity index (χ1) is 10.0. The molecule has 0 aliphatic heterocycles. The summed E-state index contributed by atoms with van der Waals surface area (Å²) in [5.74, 6) is 1.07. The van der Waals surface area contributed by atoms with Gasteiger partial charge < -0.3 is 10.3 Å². The van der Waals surface area contributed by atoms with Crippen molar-refractivity contribution in [1.82, 2.24) is 15.3 Å². The fraction of sp³-hybridized carbons (Fsp3) is 0.500. The number of H-pyrrole nitrogens is 1. The molecule has 1 aromatic heterocycles. The van der Waals surface area contributed by atoms with E-state index in [-0.39, 0.29) is 5.41 Å². The molecule has 3 nitrogen and oxygen atoms in total. The van der Waals surface area contributed by atoms with Crippen LogP contribution in [0, 0.1) is 0 Å². The molecule has 21 heavy (non-hydrogen) atoms. The minimum absolute atomic E-state index is 0.201. The number of hydrogen-bond donors (Lipinski definition) is 2. The third-order valence-corrected chi connectivity index (χ3v) is 4.06. The van der Waals surface area contributed by atoms with Gasteiger partial charge in [0.15, 0.2) is 0 Å². The van der Waals surface area contributed by atoms with E-state index >= 15 is 0 Å². The molecule has 0 spiro atoms. The molecule has 0 atom stereocenters. The standard InChI is InChI=1S/C18H25N3/c1-18(2,3)14-6-4-13(5-7-14)16-12-20-17(21-16)10-11-19-15-8-9-15/h4-7,12,15,19H,8-11H2,1-3H3,(H,20,21). The zero-order valence-electron chi connectivity index (χ0n) is 13.2. The normalized spacial score (nSPS) is 15.4. The Hall–Kier alpha value is -1.61. The molecule has 1 aromatic carbocycles. The molecule has 2 N–H and O–H groups in total. The summed E-state index contributed by atoms with van der Waals surface area (Å²) in [6.07, 6.45) is 5.59. The fourth-order valence-electron chi connectivity index (χ4n) is 2.47. The fourth-order valence-corrected chi connectivity index (χ4v) is 2.47. The Balaban J connectivity index is 1.64. The number of aromatic nitrogens is 2. The molecular weight excluding hydrogens is 258 g/mol. The highest BCUT2D eigenvalue weighted by Gasteiger charge is 2.19. The molecular formula is C18H25N3. The molecule has 0 amide bonds. The third-order valence-electron chi connectivity index (χ3n) is 4.06. The number of rotatable bonds is 5. The maximum absolute atomic E-state index is 4.49. The first kappa shape index (κ1) is 14.3. The van der Waals surface area contributed by atoms with E-state index in [0.29, 0.717) is 0 Å². The van der Waals surface area contributed by atoms with E-state index in [4.69, 9.17) is 0 Å². The van der Waals surface area contributed by atoms with Gasteiger partial charge in [0.2, 0.25) is 0 Å². The van der Waals surface area contributed by atoms with Gasteiger partial charge in [-0.3, -0.25) is 0 Å². The number of nitrogens with zero attached hydrogens (tertiary/aromatic N) is 1. The van der Waals surface area contributed by atoms with Gasteiger partial charge in [0, 0.05) is 19.0 Å². The van der Waals surface area contributed by atoms with Crippen LogP contribution in [0.4, 0.5) is 0 Å². The van der Waals surface area contributed by atoms with Gasteiger partial charge in [-0.2, -0.15) is 0 Å². The molecule has 1 aliphatic rings. The Kier molecular flexibility index (Phi) is 3.85. The van der Waals surface area contributed by atoms with Gasteiger partial charge in [-0.25, -0.2) is 4.98 Å². The molecule has 0 radical (unpaired) electrons. The van der Waals surface area contributed by atoms with E-state index < -0.39 is 0 Å². The Morgan fingerprint density at radius 3 is 2.52 bits per heavy atom. The number of nitrogens with one attached hydrogen (secondary N) is 2. The molecule has 1 heterocycles. The molecule has 112 valence electrons. The van der Waals surface area contributed by atoms with Crippen LogP contribution in [0.5, 0.6) is 0 Å². The van der Waals surface area contributed by atoms with Crippen molar-refractivity contribution in [3.05, 3.63) is 41.9 Å². The summed E-state index contributed by atoms with van der Waals surface area (Å²) in [5.41, 5.74) is 3.88. The van der Waals surface area contributed by atoms with Crippen molar-refractivity contribution in [2.45, 2.75) is 51.5 Å². The summed E-state index contributed by atoms with van der Waals surface area (Å²) in [6, 6.07) is 9.56. The minimum Gasteiger partial charge on any atom is -0.342 e. The minimum atomic E-state index is 0.201. The Morgan fingerprint density at radius 1 is 1.19 bits per heavy atom. The lowest BCUT2D eigenvalue weighted by molar-refractivity contribution is 0.590. The summed E-state index contributed by atoms with van der Waals surface area (Å²) in [6.45, 7) is 7.73. The lowest BCUT2D eigenvalue weighted by Gasteiger charge is -2.18. The molecule has 3 rings (SSSR count). The van der Waals surface area contributed by atoms with Crippen molar-refractivity contribution in [2.24, 2.45) is 0 Å². The summed E-state index contributed by atoms with van der Waals surface area (Å²) in [5, 5.41) is 3.52. The first-order valence-electron chi connectivity index (χ1n) is 7.90. The monoisotopic (exact) mass is 283 g/mol. The van der Waals surface area contributed by atoms with E-state index in [0.717, 1.165) is 30.5 Å². The number of aromatic amines is 1. The Bertz CT molecular complexity index is 586. The average molecular weight is 283 g/mol. The zero-order chi connectivity index (χ0) is 14.9. The van der Waals surface area contributed by atoms with Crippen molar-refractivity contribution < 1.29 is 0 Å². The second-order valence-corrected chi connectivity index (χ2v) is 7.05. The number of benzene rings is 1. The predicted octanol–water partition coefficient (Wildman–Crippen LogP) is 3.67. The van der Waals surface area contributed by atoms with Crippen molar-refractivity contribution >= 4 is 0 Å². The van der Waals surface area contributed by atoms with Crippen molar-refractivity contribution in [1.29, 1.82) is 0 Å². The van der Waals surface area contributed by atoms with Crippen LogP contribution in [-0.4, -0.2) is 22.6 Å². The molecule has 0 bridgehead atoms. The average Bonchev–Trinajstić information content (AvgIpc) is 3.14. The van der Waals surface area contributed by atoms with Crippen LogP contribution in [0.1, 0.15) is 45.0 Å². The maximum atomic E-state index is 4.49. The van der Waals surface area contributed by atoms with Crippen LogP contribution in [0.15, 0.2) is 30.5 Å². The van der Waals surface area contributed by atoms with Crippen LogP contribution in [-0.2, 0) is 11.8 Å². The quantitative estimate of drug-likeness (QED) is 0.879. The van der Waals surface area contributed by atoms with Crippen molar-refractivity contribution in [3.8, 4) is 11.3 Å². The summed E-state index contributed by atoms with van der Waals surface area (Å²) in [7, 11) is 0. The van der Waals surface area contributed by atoms with Gasteiger partial charge in [-0.05, 0) is 29.4 Å². The highest BCUT2D eigenvalue weighted by molar-refractivity contribution is 5.59. The van der Waals surface area contributed by atoms with E-state index in [1.165, 1.54) is 24.0 Å². The van der Waals surface area contributed by atoms with Gasteiger partial charge in [-0.15, -0.1) is 0 Å². The van der Waals surface area contributed by atoms with Gasteiger partial charge in [-0.1, -0.05) is 45.0 Å². The lowest BCUT2D eigenvalue weighted by Crippen LogP contribution is -2.19. The summed E-state index contributed by atoms with van der Waals surface area (Å²) < 4.78 is 0. The van der Waals surface area contributed by atoms with Crippen LogP contribution >= 0.6 is 0 Å². The zero-order valence-corrected chi connectivity index (χ0v) is 13.2.